The summed E-state index contributed by atoms with van der Waals surface area (Å²) in [5.74, 6) is 0. The first-order valence-corrected chi connectivity index (χ1v) is 4.15. The lowest BCUT2D eigenvalue weighted by Gasteiger charge is -2.02. The second kappa shape index (κ2) is 5.45. The Morgan fingerprint density at radius 2 is 1.85 bits per heavy atom. The molecule has 0 amide bonds. The fourth-order valence-corrected chi connectivity index (χ4v) is 1.000. The van der Waals surface area contributed by atoms with Crippen molar-refractivity contribution in [2.45, 2.75) is 13.2 Å². The van der Waals surface area contributed by atoms with Crippen LogP contribution in [-0.2, 0) is 17.9 Å². The van der Waals surface area contributed by atoms with Gasteiger partial charge in [-0.25, -0.2) is 0 Å². The minimum Gasteiger partial charge on any atom is -0.355 e. The monoisotopic (exact) mass is 178 g/mol. The first-order chi connectivity index (χ1) is 6.36. The van der Waals surface area contributed by atoms with Gasteiger partial charge in [0.2, 0.25) is 0 Å². The van der Waals surface area contributed by atoms with E-state index < -0.39 is 0 Å². The molecule has 0 aliphatic rings. The summed E-state index contributed by atoms with van der Waals surface area (Å²) < 4.78 is 5.18. The Bertz CT molecular complexity index is 256. The molecule has 0 unspecified atom stereocenters. The summed E-state index contributed by atoms with van der Waals surface area (Å²) in [4.78, 5) is 3.59. The Labute approximate surface area is 78.2 Å². The van der Waals surface area contributed by atoms with Gasteiger partial charge in [0.1, 0.15) is 6.73 Å². The third-order valence-corrected chi connectivity index (χ3v) is 1.71. The molecular formula is C10H14N2O. The molecule has 0 radical (unpaired) electrons. The standard InChI is InChI=1S/C10H14N2O/c1-12-8-13-7-10-4-2-9(6-11)3-5-10/h2-5H,1,6-8,11H2. The summed E-state index contributed by atoms with van der Waals surface area (Å²) in [5, 5.41) is 0. The quantitative estimate of drug-likeness (QED) is 0.546. The molecule has 0 saturated heterocycles. The van der Waals surface area contributed by atoms with Gasteiger partial charge in [-0.3, -0.25) is 4.99 Å². The van der Waals surface area contributed by atoms with Gasteiger partial charge in [-0.1, -0.05) is 24.3 Å². The Kier molecular flexibility index (Phi) is 4.15. The Balaban J connectivity index is 2.44. The summed E-state index contributed by atoms with van der Waals surface area (Å²) in [5.41, 5.74) is 7.72. The second-order valence-electron chi connectivity index (χ2n) is 2.72. The number of nitrogens with zero attached hydrogens (tertiary/aromatic N) is 1. The lowest BCUT2D eigenvalue weighted by atomic mass is 10.1. The number of hydrogen-bond acceptors (Lipinski definition) is 3. The van der Waals surface area contributed by atoms with Crippen molar-refractivity contribution >= 4 is 6.72 Å². The van der Waals surface area contributed by atoms with E-state index in [1.54, 1.807) is 0 Å². The average Bonchev–Trinajstić information content (AvgIpc) is 2.19. The fraction of sp³-hybridized carbons (Fsp3) is 0.300. The highest BCUT2D eigenvalue weighted by atomic mass is 16.5. The van der Waals surface area contributed by atoms with Gasteiger partial charge in [0, 0.05) is 6.54 Å². The molecule has 1 aromatic carbocycles. The zero-order chi connectivity index (χ0) is 9.52. The first-order valence-electron chi connectivity index (χ1n) is 4.15. The van der Waals surface area contributed by atoms with Gasteiger partial charge in [0.25, 0.3) is 0 Å². The van der Waals surface area contributed by atoms with E-state index in [0.717, 1.165) is 11.1 Å². The molecule has 0 aromatic heterocycles. The number of hydrogen-bond donors (Lipinski definition) is 1. The number of benzene rings is 1. The minimum absolute atomic E-state index is 0.346. The van der Waals surface area contributed by atoms with Gasteiger partial charge in [0.15, 0.2) is 0 Å². The lowest BCUT2D eigenvalue weighted by molar-refractivity contribution is 0.129. The smallest absolute Gasteiger partial charge is 0.137 e. The van der Waals surface area contributed by atoms with Crippen molar-refractivity contribution < 1.29 is 4.74 Å². The molecule has 2 N–H and O–H groups in total. The molecule has 1 rings (SSSR count). The van der Waals surface area contributed by atoms with E-state index in [-0.39, 0.29) is 0 Å². The van der Waals surface area contributed by atoms with Crippen molar-refractivity contribution in [1.29, 1.82) is 0 Å². The zero-order valence-corrected chi connectivity index (χ0v) is 7.57. The Hall–Kier alpha value is -1.19. The summed E-state index contributed by atoms with van der Waals surface area (Å²) in [6.07, 6.45) is 0. The van der Waals surface area contributed by atoms with Gasteiger partial charge in [0.05, 0.1) is 6.61 Å². The highest BCUT2D eigenvalue weighted by molar-refractivity contribution is 5.23. The van der Waals surface area contributed by atoms with Crippen molar-refractivity contribution in [3.05, 3.63) is 35.4 Å². The molecule has 1 aromatic rings. The molecule has 0 saturated carbocycles. The molecular weight excluding hydrogens is 164 g/mol. The van der Waals surface area contributed by atoms with E-state index in [4.69, 9.17) is 10.5 Å². The SMILES string of the molecule is C=NCOCc1ccc(CN)cc1. The summed E-state index contributed by atoms with van der Waals surface area (Å²) in [7, 11) is 0. The maximum atomic E-state index is 5.47. The third-order valence-electron chi connectivity index (χ3n) is 1.71. The summed E-state index contributed by atoms with van der Waals surface area (Å²) in [6, 6.07) is 8.01. The molecule has 13 heavy (non-hydrogen) atoms. The molecule has 0 aliphatic heterocycles. The first kappa shape index (κ1) is 9.89. The minimum atomic E-state index is 0.346. The zero-order valence-electron chi connectivity index (χ0n) is 7.57. The van der Waals surface area contributed by atoms with E-state index in [0.29, 0.717) is 19.9 Å². The van der Waals surface area contributed by atoms with Gasteiger partial charge in [-0.05, 0) is 17.8 Å². The van der Waals surface area contributed by atoms with Gasteiger partial charge in [-0.2, -0.15) is 0 Å². The predicted molar refractivity (Wildman–Crippen MR) is 53.5 cm³/mol. The molecule has 0 bridgehead atoms. The third kappa shape index (κ3) is 3.36. The molecule has 0 aliphatic carbocycles. The molecule has 0 spiro atoms. The van der Waals surface area contributed by atoms with E-state index >= 15 is 0 Å². The van der Waals surface area contributed by atoms with Crippen LogP contribution in [0.5, 0.6) is 0 Å². The average molecular weight is 178 g/mol. The molecule has 3 nitrogen and oxygen atoms in total. The maximum Gasteiger partial charge on any atom is 0.137 e. The van der Waals surface area contributed by atoms with Crippen LogP contribution in [0.25, 0.3) is 0 Å². The van der Waals surface area contributed by atoms with Gasteiger partial charge < -0.3 is 10.5 Å². The van der Waals surface area contributed by atoms with E-state index in [9.17, 15) is 0 Å². The molecule has 70 valence electrons. The molecule has 0 heterocycles. The van der Waals surface area contributed by atoms with Crippen LogP contribution < -0.4 is 5.73 Å². The second-order valence-corrected chi connectivity index (χ2v) is 2.72. The lowest BCUT2D eigenvalue weighted by Crippen LogP contribution is -1.97. The number of rotatable bonds is 5. The van der Waals surface area contributed by atoms with Gasteiger partial charge >= 0.3 is 0 Å². The number of nitrogens with two attached hydrogens (primary N) is 1. The van der Waals surface area contributed by atoms with Crippen LogP contribution in [0, 0.1) is 0 Å². The largest absolute Gasteiger partial charge is 0.355 e. The fourth-order valence-electron chi connectivity index (χ4n) is 1.000. The number of ether oxygens (including phenoxy) is 1. The van der Waals surface area contributed by atoms with Crippen molar-refractivity contribution in [2.24, 2.45) is 10.7 Å². The Morgan fingerprint density at radius 1 is 1.23 bits per heavy atom. The maximum absolute atomic E-state index is 5.47. The van der Waals surface area contributed by atoms with Crippen molar-refractivity contribution in [1.82, 2.24) is 0 Å². The topological polar surface area (TPSA) is 47.6 Å². The van der Waals surface area contributed by atoms with Crippen molar-refractivity contribution in [3.8, 4) is 0 Å². The van der Waals surface area contributed by atoms with E-state index in [1.807, 2.05) is 24.3 Å². The highest BCUT2D eigenvalue weighted by Gasteiger charge is 1.92. The molecule has 3 heteroatoms. The van der Waals surface area contributed by atoms with E-state index in [2.05, 4.69) is 11.7 Å². The van der Waals surface area contributed by atoms with Crippen molar-refractivity contribution in [3.63, 3.8) is 0 Å². The van der Waals surface area contributed by atoms with Crippen LogP contribution in [0.4, 0.5) is 0 Å². The molecule has 0 fully saturated rings. The highest BCUT2D eigenvalue weighted by Crippen LogP contribution is 2.04. The van der Waals surface area contributed by atoms with Crippen LogP contribution in [0.2, 0.25) is 0 Å². The van der Waals surface area contributed by atoms with Crippen LogP contribution in [-0.4, -0.2) is 13.4 Å². The Morgan fingerprint density at radius 3 is 2.38 bits per heavy atom. The van der Waals surface area contributed by atoms with Crippen LogP contribution >= 0.6 is 0 Å². The van der Waals surface area contributed by atoms with Crippen molar-refractivity contribution in [2.75, 3.05) is 6.73 Å². The summed E-state index contributed by atoms with van der Waals surface area (Å²) in [6.45, 7) is 4.83. The molecule has 0 atom stereocenters. The van der Waals surface area contributed by atoms with Crippen LogP contribution in [0.3, 0.4) is 0 Å². The predicted octanol–water partition coefficient (Wildman–Crippen LogP) is 1.32. The van der Waals surface area contributed by atoms with Crippen LogP contribution in [0.15, 0.2) is 29.3 Å². The normalized spacial score (nSPS) is 9.92. The van der Waals surface area contributed by atoms with E-state index in [1.165, 1.54) is 0 Å². The van der Waals surface area contributed by atoms with Crippen LogP contribution in [0.1, 0.15) is 11.1 Å². The number of aliphatic imine (C=N–C) groups is 1. The summed E-state index contributed by atoms with van der Waals surface area (Å²) >= 11 is 0. The van der Waals surface area contributed by atoms with Gasteiger partial charge in [-0.15, -0.1) is 0 Å².